The van der Waals surface area contributed by atoms with Gasteiger partial charge in [0.2, 0.25) is 0 Å². The second kappa shape index (κ2) is 6.18. The largest absolute Gasteiger partial charge is 0.492 e. The number of nitrogens with zero attached hydrogens (tertiary/aromatic N) is 3. The number of halogens is 1. The maximum absolute atomic E-state index is 12.8. The van der Waals surface area contributed by atoms with Gasteiger partial charge in [-0.3, -0.25) is 4.79 Å². The number of rotatable bonds is 4. The zero-order valence-corrected chi connectivity index (χ0v) is 11.8. The van der Waals surface area contributed by atoms with Gasteiger partial charge in [-0.1, -0.05) is 0 Å². The van der Waals surface area contributed by atoms with E-state index in [2.05, 4.69) is 5.10 Å². The maximum Gasteiger partial charge on any atom is 0.285 e. The molecule has 0 saturated carbocycles. The molecule has 0 aliphatic heterocycles. The molecule has 0 radical (unpaired) electrons. The van der Waals surface area contributed by atoms with Gasteiger partial charge in [-0.2, -0.15) is 10.4 Å². The van der Waals surface area contributed by atoms with Crippen molar-refractivity contribution in [3.63, 3.8) is 0 Å². The Hall–Kier alpha value is -2.68. The molecule has 2 aromatic rings. The highest BCUT2D eigenvalue weighted by Gasteiger charge is 2.11. The minimum Gasteiger partial charge on any atom is -0.492 e. The Morgan fingerprint density at radius 3 is 2.62 bits per heavy atom. The highest BCUT2D eigenvalue weighted by atomic mass is 19.1. The van der Waals surface area contributed by atoms with Crippen LogP contribution in [0.1, 0.15) is 16.8 Å². The standard InChI is InChI=1S/C15H14FN3O2/c1-10-11(2)18-19(15(20)14(10)9-17)7-8-21-13-5-3-12(16)4-6-13/h3-6H,7-8H2,1-2H3. The Morgan fingerprint density at radius 2 is 2.00 bits per heavy atom. The van der Waals surface area contributed by atoms with Gasteiger partial charge >= 0.3 is 0 Å². The Bertz CT molecular complexity index is 745. The summed E-state index contributed by atoms with van der Waals surface area (Å²) in [5.74, 6) is 0.168. The summed E-state index contributed by atoms with van der Waals surface area (Å²) < 4.78 is 19.4. The number of hydrogen-bond donors (Lipinski definition) is 0. The SMILES string of the molecule is Cc1nn(CCOc2ccc(F)cc2)c(=O)c(C#N)c1C. The first-order valence-corrected chi connectivity index (χ1v) is 6.39. The van der Waals surface area contributed by atoms with Crippen LogP contribution in [0, 0.1) is 31.0 Å². The van der Waals surface area contributed by atoms with Crippen molar-refractivity contribution in [1.29, 1.82) is 5.26 Å². The summed E-state index contributed by atoms with van der Waals surface area (Å²) >= 11 is 0. The van der Waals surface area contributed by atoms with Gasteiger partial charge in [-0.25, -0.2) is 9.07 Å². The number of ether oxygens (including phenoxy) is 1. The summed E-state index contributed by atoms with van der Waals surface area (Å²) in [4.78, 5) is 12.0. The van der Waals surface area contributed by atoms with E-state index in [1.165, 1.54) is 28.9 Å². The molecule has 0 aliphatic rings. The van der Waals surface area contributed by atoms with E-state index in [1.807, 2.05) is 6.07 Å². The third kappa shape index (κ3) is 3.26. The summed E-state index contributed by atoms with van der Waals surface area (Å²) in [5, 5.41) is 13.2. The molecule has 0 unspecified atom stereocenters. The van der Waals surface area contributed by atoms with E-state index in [1.54, 1.807) is 13.8 Å². The van der Waals surface area contributed by atoms with Gasteiger partial charge in [0, 0.05) is 0 Å². The van der Waals surface area contributed by atoms with Crippen LogP contribution < -0.4 is 10.3 Å². The molecule has 2 rings (SSSR count). The van der Waals surface area contributed by atoms with Gasteiger partial charge in [0.25, 0.3) is 5.56 Å². The van der Waals surface area contributed by atoms with Gasteiger partial charge in [-0.05, 0) is 43.7 Å². The van der Waals surface area contributed by atoms with Crippen molar-refractivity contribution in [2.24, 2.45) is 0 Å². The van der Waals surface area contributed by atoms with E-state index in [0.717, 1.165) is 0 Å². The van der Waals surface area contributed by atoms with E-state index >= 15 is 0 Å². The smallest absolute Gasteiger partial charge is 0.285 e. The second-order valence-corrected chi connectivity index (χ2v) is 4.53. The van der Waals surface area contributed by atoms with Crippen molar-refractivity contribution in [2.45, 2.75) is 20.4 Å². The van der Waals surface area contributed by atoms with Crippen molar-refractivity contribution in [3.8, 4) is 11.8 Å². The van der Waals surface area contributed by atoms with Gasteiger partial charge in [0.1, 0.15) is 29.8 Å². The minimum atomic E-state index is -0.427. The molecule has 0 amide bonds. The van der Waals surface area contributed by atoms with E-state index in [0.29, 0.717) is 17.0 Å². The topological polar surface area (TPSA) is 67.9 Å². The third-order valence-electron chi connectivity index (χ3n) is 3.13. The molecule has 21 heavy (non-hydrogen) atoms. The summed E-state index contributed by atoms with van der Waals surface area (Å²) in [5.41, 5.74) is 0.902. The molecule has 5 nitrogen and oxygen atoms in total. The predicted molar refractivity (Wildman–Crippen MR) is 74.6 cm³/mol. The first-order valence-electron chi connectivity index (χ1n) is 6.39. The quantitative estimate of drug-likeness (QED) is 0.862. The summed E-state index contributed by atoms with van der Waals surface area (Å²) in [7, 11) is 0. The third-order valence-corrected chi connectivity index (χ3v) is 3.13. The Morgan fingerprint density at radius 1 is 1.33 bits per heavy atom. The molecule has 0 aliphatic carbocycles. The van der Waals surface area contributed by atoms with Crippen molar-refractivity contribution in [1.82, 2.24) is 9.78 Å². The Balaban J connectivity index is 2.11. The molecule has 1 aromatic heterocycles. The molecule has 108 valence electrons. The zero-order valence-electron chi connectivity index (χ0n) is 11.8. The lowest BCUT2D eigenvalue weighted by atomic mass is 10.1. The van der Waals surface area contributed by atoms with Crippen LogP contribution in [0.5, 0.6) is 5.75 Å². The average molecular weight is 287 g/mol. The molecule has 0 N–H and O–H groups in total. The van der Waals surface area contributed by atoms with Crippen LogP contribution in [0.3, 0.4) is 0 Å². The van der Waals surface area contributed by atoms with Crippen molar-refractivity contribution < 1.29 is 9.13 Å². The fourth-order valence-corrected chi connectivity index (χ4v) is 1.84. The van der Waals surface area contributed by atoms with Crippen molar-refractivity contribution in [3.05, 3.63) is 57.3 Å². The van der Waals surface area contributed by atoms with E-state index in [4.69, 9.17) is 10.00 Å². The van der Waals surface area contributed by atoms with Crippen molar-refractivity contribution >= 4 is 0 Å². The molecule has 0 spiro atoms. The van der Waals surface area contributed by atoms with Crippen LogP contribution in [-0.4, -0.2) is 16.4 Å². The Labute approximate surface area is 121 Å². The monoisotopic (exact) mass is 287 g/mol. The summed E-state index contributed by atoms with van der Waals surface area (Å²) in [6.07, 6.45) is 0. The highest BCUT2D eigenvalue weighted by Crippen LogP contribution is 2.11. The molecule has 6 heteroatoms. The fraction of sp³-hybridized carbons (Fsp3) is 0.267. The number of aryl methyl sites for hydroxylation is 1. The van der Waals surface area contributed by atoms with Gasteiger partial charge < -0.3 is 4.74 Å². The first kappa shape index (κ1) is 14.7. The lowest BCUT2D eigenvalue weighted by Crippen LogP contribution is -2.29. The predicted octanol–water partition coefficient (Wildman–Crippen LogP) is 1.95. The first-order chi connectivity index (χ1) is 10.0. The number of hydrogen-bond acceptors (Lipinski definition) is 4. The highest BCUT2D eigenvalue weighted by molar-refractivity contribution is 5.36. The molecule has 0 saturated heterocycles. The van der Waals surface area contributed by atoms with E-state index in [9.17, 15) is 9.18 Å². The lowest BCUT2D eigenvalue weighted by Gasteiger charge is -2.10. The molecule has 0 fully saturated rings. The van der Waals surface area contributed by atoms with Crippen LogP contribution in [0.2, 0.25) is 0 Å². The van der Waals surface area contributed by atoms with Crippen LogP contribution in [-0.2, 0) is 6.54 Å². The van der Waals surface area contributed by atoms with E-state index in [-0.39, 0.29) is 24.5 Å². The zero-order chi connectivity index (χ0) is 15.4. The maximum atomic E-state index is 12.8. The van der Waals surface area contributed by atoms with Gasteiger partial charge in [0.05, 0.1) is 12.2 Å². The fourth-order valence-electron chi connectivity index (χ4n) is 1.84. The number of aromatic nitrogens is 2. The average Bonchev–Trinajstić information content (AvgIpc) is 2.47. The lowest BCUT2D eigenvalue weighted by molar-refractivity contribution is 0.286. The molecule has 0 bridgehead atoms. The summed E-state index contributed by atoms with van der Waals surface area (Å²) in [6.45, 7) is 3.85. The molecule has 1 heterocycles. The molecular formula is C15H14FN3O2. The van der Waals surface area contributed by atoms with Gasteiger partial charge in [-0.15, -0.1) is 0 Å². The number of nitriles is 1. The van der Waals surface area contributed by atoms with Gasteiger partial charge in [0.15, 0.2) is 0 Å². The van der Waals surface area contributed by atoms with Crippen molar-refractivity contribution in [2.75, 3.05) is 6.61 Å². The summed E-state index contributed by atoms with van der Waals surface area (Å²) in [6, 6.07) is 7.51. The van der Waals surface area contributed by atoms with Crippen LogP contribution in [0.4, 0.5) is 4.39 Å². The molecular weight excluding hydrogens is 273 g/mol. The molecule has 1 aromatic carbocycles. The Kier molecular flexibility index (Phi) is 4.33. The van der Waals surface area contributed by atoms with E-state index < -0.39 is 5.56 Å². The molecule has 0 atom stereocenters. The van der Waals surface area contributed by atoms with Crippen LogP contribution in [0.25, 0.3) is 0 Å². The second-order valence-electron chi connectivity index (χ2n) is 4.53. The van der Waals surface area contributed by atoms with Crippen LogP contribution in [0.15, 0.2) is 29.1 Å². The minimum absolute atomic E-state index is 0.101. The van der Waals surface area contributed by atoms with Crippen LogP contribution >= 0.6 is 0 Å². The number of benzene rings is 1. The normalized spacial score (nSPS) is 10.2.